The van der Waals surface area contributed by atoms with Crippen molar-refractivity contribution < 1.29 is 22.5 Å². The molecule has 0 aliphatic heterocycles. The molecule has 0 spiro atoms. The van der Waals surface area contributed by atoms with Gasteiger partial charge in [0.05, 0.1) is 13.0 Å². The Hall–Kier alpha value is -1.64. The molecule has 0 aliphatic carbocycles. The molecular formula is C8H11F3N4O2. The lowest BCUT2D eigenvalue weighted by atomic mass is 10.2. The molecule has 0 fully saturated rings. The number of halogens is 3. The van der Waals surface area contributed by atoms with Crippen LogP contribution in [0.25, 0.3) is 0 Å². The van der Waals surface area contributed by atoms with Crippen LogP contribution in [0.1, 0.15) is 29.9 Å². The number of rotatable bonds is 5. The number of hydrogen-bond donors (Lipinski definition) is 2. The lowest BCUT2D eigenvalue weighted by molar-refractivity contribution is -0.139. The minimum absolute atomic E-state index is 0.0337. The molecule has 17 heavy (non-hydrogen) atoms. The average Bonchev–Trinajstić information content (AvgIpc) is 2.60. The number of aromatic nitrogens is 2. The van der Waals surface area contributed by atoms with Gasteiger partial charge in [0, 0.05) is 6.04 Å². The Bertz CT molecular complexity index is 390. The lowest BCUT2D eigenvalue weighted by Crippen LogP contribution is -2.31. The van der Waals surface area contributed by atoms with Crippen LogP contribution in [0, 0.1) is 0 Å². The van der Waals surface area contributed by atoms with Crippen molar-refractivity contribution in [3.63, 3.8) is 0 Å². The summed E-state index contributed by atoms with van der Waals surface area (Å²) < 4.78 is 40.4. The first-order valence-corrected chi connectivity index (χ1v) is 4.70. The molecule has 0 saturated heterocycles. The van der Waals surface area contributed by atoms with E-state index in [2.05, 4.69) is 20.0 Å². The highest BCUT2D eigenvalue weighted by Gasteiger charge is 2.29. The molecule has 0 unspecified atom stereocenters. The molecule has 1 aromatic rings. The average molecular weight is 252 g/mol. The molecule has 1 atom stereocenters. The first kappa shape index (κ1) is 13.4. The van der Waals surface area contributed by atoms with Gasteiger partial charge in [0.25, 0.3) is 0 Å². The van der Waals surface area contributed by atoms with Crippen molar-refractivity contribution in [1.82, 2.24) is 15.5 Å². The van der Waals surface area contributed by atoms with Gasteiger partial charge in [0.2, 0.25) is 0 Å². The van der Waals surface area contributed by atoms with E-state index in [0.717, 1.165) is 0 Å². The van der Waals surface area contributed by atoms with Crippen LogP contribution in [0.5, 0.6) is 0 Å². The number of amides is 1. The molecule has 0 aliphatic rings. The fourth-order valence-corrected chi connectivity index (χ4v) is 1.11. The zero-order valence-corrected chi connectivity index (χ0v) is 8.91. The quantitative estimate of drug-likeness (QED) is 0.800. The van der Waals surface area contributed by atoms with Gasteiger partial charge in [-0.1, -0.05) is 5.16 Å². The van der Waals surface area contributed by atoms with Gasteiger partial charge in [0.15, 0.2) is 5.82 Å². The molecule has 96 valence electrons. The fourth-order valence-electron chi connectivity index (χ4n) is 1.11. The van der Waals surface area contributed by atoms with Crippen LogP contribution in [0.4, 0.5) is 13.2 Å². The SMILES string of the molecule is C[C@@H](CC(F)(F)F)NCc1noc(C(N)=O)n1. The van der Waals surface area contributed by atoms with Crippen LogP contribution in [0.2, 0.25) is 0 Å². The molecule has 1 heterocycles. The minimum Gasteiger partial charge on any atom is -0.361 e. The van der Waals surface area contributed by atoms with Crippen molar-refractivity contribution >= 4 is 5.91 Å². The largest absolute Gasteiger partial charge is 0.390 e. The Morgan fingerprint density at radius 3 is 2.71 bits per heavy atom. The second-order valence-corrected chi connectivity index (χ2v) is 3.48. The lowest BCUT2D eigenvalue weighted by Gasteiger charge is -2.14. The van der Waals surface area contributed by atoms with Crippen LogP contribution in [0.15, 0.2) is 4.52 Å². The van der Waals surface area contributed by atoms with Crippen LogP contribution >= 0.6 is 0 Å². The molecule has 0 bridgehead atoms. The van der Waals surface area contributed by atoms with E-state index in [1.807, 2.05) is 0 Å². The molecule has 6 nitrogen and oxygen atoms in total. The Morgan fingerprint density at radius 2 is 2.24 bits per heavy atom. The highest BCUT2D eigenvalue weighted by atomic mass is 19.4. The molecule has 9 heteroatoms. The van der Waals surface area contributed by atoms with Crippen LogP contribution in [0.3, 0.4) is 0 Å². The number of nitrogens with zero attached hydrogens (tertiary/aromatic N) is 2. The smallest absolute Gasteiger partial charge is 0.361 e. The summed E-state index contributed by atoms with van der Waals surface area (Å²) in [6.07, 6.45) is -5.20. The Morgan fingerprint density at radius 1 is 1.59 bits per heavy atom. The summed E-state index contributed by atoms with van der Waals surface area (Å²) in [6.45, 7) is 1.34. The highest BCUT2D eigenvalue weighted by molar-refractivity contribution is 5.87. The molecule has 0 radical (unpaired) electrons. The Balaban J connectivity index is 2.42. The van der Waals surface area contributed by atoms with Crippen molar-refractivity contribution in [1.29, 1.82) is 0 Å². The van der Waals surface area contributed by atoms with Gasteiger partial charge in [-0.25, -0.2) is 0 Å². The number of primary amides is 1. The summed E-state index contributed by atoms with van der Waals surface area (Å²) in [5.41, 5.74) is 4.86. The van der Waals surface area contributed by atoms with E-state index >= 15 is 0 Å². The summed E-state index contributed by atoms with van der Waals surface area (Å²) in [5, 5.41) is 5.93. The number of alkyl halides is 3. The first-order chi connectivity index (χ1) is 7.78. The number of nitrogens with one attached hydrogen (secondary N) is 1. The van der Waals surface area contributed by atoms with Gasteiger partial charge in [-0.3, -0.25) is 4.79 Å². The van der Waals surface area contributed by atoms with Gasteiger partial charge in [-0.15, -0.1) is 0 Å². The number of carbonyl (C=O) groups is 1. The van der Waals surface area contributed by atoms with Crippen LogP contribution < -0.4 is 11.1 Å². The van der Waals surface area contributed by atoms with Crippen LogP contribution in [-0.4, -0.2) is 28.3 Å². The van der Waals surface area contributed by atoms with Gasteiger partial charge in [-0.2, -0.15) is 18.2 Å². The normalized spacial score (nSPS) is 13.6. The van der Waals surface area contributed by atoms with E-state index in [4.69, 9.17) is 5.73 Å². The van der Waals surface area contributed by atoms with Crippen LogP contribution in [-0.2, 0) is 6.54 Å². The Labute approximate surface area is 94.4 Å². The highest BCUT2D eigenvalue weighted by Crippen LogP contribution is 2.21. The van der Waals surface area contributed by atoms with Crippen molar-refractivity contribution in [3.05, 3.63) is 11.7 Å². The maximum Gasteiger partial charge on any atom is 0.390 e. The first-order valence-electron chi connectivity index (χ1n) is 4.70. The predicted octanol–water partition coefficient (Wildman–Crippen LogP) is 0.599. The van der Waals surface area contributed by atoms with E-state index in [0.29, 0.717) is 0 Å². The fraction of sp³-hybridized carbons (Fsp3) is 0.625. The second-order valence-electron chi connectivity index (χ2n) is 3.48. The van der Waals surface area contributed by atoms with E-state index < -0.39 is 24.5 Å². The molecule has 1 amide bonds. The minimum atomic E-state index is -4.23. The summed E-state index contributed by atoms with van der Waals surface area (Å²) in [7, 11) is 0. The summed E-state index contributed by atoms with van der Waals surface area (Å²) in [5.74, 6) is -1.18. The molecule has 3 N–H and O–H groups in total. The maximum absolute atomic E-state index is 12.0. The van der Waals surface area contributed by atoms with E-state index in [9.17, 15) is 18.0 Å². The molecule has 0 saturated carbocycles. The third-order valence-electron chi connectivity index (χ3n) is 1.83. The number of hydrogen-bond acceptors (Lipinski definition) is 5. The van der Waals surface area contributed by atoms with E-state index in [1.54, 1.807) is 0 Å². The van der Waals surface area contributed by atoms with Crippen molar-refractivity contribution in [3.8, 4) is 0 Å². The van der Waals surface area contributed by atoms with Gasteiger partial charge >= 0.3 is 18.0 Å². The number of nitrogens with two attached hydrogens (primary N) is 1. The molecular weight excluding hydrogens is 241 g/mol. The zero-order chi connectivity index (χ0) is 13.1. The van der Waals surface area contributed by atoms with Crippen molar-refractivity contribution in [2.45, 2.75) is 32.1 Å². The summed E-state index contributed by atoms with van der Waals surface area (Å²) in [4.78, 5) is 14.2. The summed E-state index contributed by atoms with van der Waals surface area (Å²) >= 11 is 0. The molecule has 1 aromatic heterocycles. The molecule has 1 rings (SSSR count). The van der Waals surface area contributed by atoms with Gasteiger partial charge in [-0.05, 0) is 6.92 Å². The second kappa shape index (κ2) is 5.13. The third kappa shape index (κ3) is 4.81. The maximum atomic E-state index is 12.0. The van der Waals surface area contributed by atoms with Crippen molar-refractivity contribution in [2.75, 3.05) is 0 Å². The van der Waals surface area contributed by atoms with E-state index in [1.165, 1.54) is 6.92 Å². The van der Waals surface area contributed by atoms with Gasteiger partial charge < -0.3 is 15.6 Å². The number of carbonyl (C=O) groups excluding carboxylic acids is 1. The predicted molar refractivity (Wildman–Crippen MR) is 49.8 cm³/mol. The monoisotopic (exact) mass is 252 g/mol. The standard InChI is InChI=1S/C8H11F3N4O2/c1-4(2-8(9,10)11)13-3-5-14-7(6(12)16)17-15-5/h4,13H,2-3H2,1H3,(H2,12,16)/t4-/m0/s1. The molecule has 0 aromatic carbocycles. The zero-order valence-electron chi connectivity index (χ0n) is 8.91. The summed E-state index contributed by atoms with van der Waals surface area (Å²) in [6, 6.07) is -0.787. The van der Waals surface area contributed by atoms with Crippen molar-refractivity contribution in [2.24, 2.45) is 5.73 Å². The third-order valence-corrected chi connectivity index (χ3v) is 1.83. The topological polar surface area (TPSA) is 94.0 Å². The van der Waals surface area contributed by atoms with E-state index in [-0.39, 0.29) is 18.3 Å². The Kier molecular flexibility index (Phi) is 4.05. The van der Waals surface area contributed by atoms with Gasteiger partial charge in [0.1, 0.15) is 0 Å².